The number of esters is 1. The summed E-state index contributed by atoms with van der Waals surface area (Å²) in [5.74, 6) is 3.40. The van der Waals surface area contributed by atoms with Crippen LogP contribution in [0.3, 0.4) is 0 Å². The van der Waals surface area contributed by atoms with E-state index in [1.54, 1.807) is 37.3 Å². The molecule has 1 atom stereocenters. The highest BCUT2D eigenvalue weighted by Crippen LogP contribution is 2.23. The Morgan fingerprint density at radius 2 is 1.95 bits per heavy atom. The maximum Gasteiger partial charge on any atom is 0.437 e. The van der Waals surface area contributed by atoms with Gasteiger partial charge in [0.05, 0.1) is 0 Å². The summed E-state index contributed by atoms with van der Waals surface area (Å²) < 4.78 is 42.3. The molecule has 1 aromatic carbocycles. The van der Waals surface area contributed by atoms with Crippen LogP contribution in [-0.4, -0.2) is 18.2 Å². The lowest BCUT2D eigenvalue weighted by atomic mass is 10.2. The summed E-state index contributed by atoms with van der Waals surface area (Å²) in [7, 11) is 0. The second-order valence-electron chi connectivity index (χ2n) is 3.80. The molecule has 0 heterocycles. The monoisotopic (exact) mass is 270 g/mol. The summed E-state index contributed by atoms with van der Waals surface area (Å²) in [6, 6.07) is 8.21. The highest BCUT2D eigenvalue weighted by Gasteiger charge is 2.41. The van der Waals surface area contributed by atoms with Gasteiger partial charge in [-0.05, 0) is 24.5 Å². The standard InChI is InChI=1S/C14H13F3O2/c1-2-6-13(18)19-12(14(15,16)17)10-9-11-7-4-3-5-8-11/h3-5,7-8,12H,2,6H2,1H3/t12-/m1/s1. The zero-order valence-electron chi connectivity index (χ0n) is 10.3. The Bertz CT molecular complexity index is 469. The minimum Gasteiger partial charge on any atom is -0.439 e. The lowest BCUT2D eigenvalue weighted by Crippen LogP contribution is -2.32. The van der Waals surface area contributed by atoms with Gasteiger partial charge in [-0.2, -0.15) is 13.2 Å². The molecule has 0 aromatic heterocycles. The van der Waals surface area contributed by atoms with Crippen molar-refractivity contribution in [2.45, 2.75) is 32.0 Å². The Balaban J connectivity index is 2.82. The molecule has 19 heavy (non-hydrogen) atoms. The van der Waals surface area contributed by atoms with Crippen molar-refractivity contribution < 1.29 is 22.7 Å². The summed E-state index contributed by atoms with van der Waals surface area (Å²) in [6.07, 6.45) is -6.70. The summed E-state index contributed by atoms with van der Waals surface area (Å²) in [6.45, 7) is 1.68. The highest BCUT2D eigenvalue weighted by atomic mass is 19.4. The number of carbonyl (C=O) groups excluding carboxylic acids is 1. The van der Waals surface area contributed by atoms with E-state index in [9.17, 15) is 18.0 Å². The molecule has 0 aliphatic rings. The molecule has 0 radical (unpaired) electrons. The minimum absolute atomic E-state index is 0.0560. The van der Waals surface area contributed by atoms with Gasteiger partial charge in [-0.25, -0.2) is 0 Å². The second-order valence-corrected chi connectivity index (χ2v) is 3.80. The number of hydrogen-bond acceptors (Lipinski definition) is 2. The molecule has 0 saturated heterocycles. The molecular weight excluding hydrogens is 257 g/mol. The fourth-order valence-corrected chi connectivity index (χ4v) is 1.24. The van der Waals surface area contributed by atoms with Crippen LogP contribution in [0.5, 0.6) is 0 Å². The Morgan fingerprint density at radius 3 is 2.47 bits per heavy atom. The Labute approximate surface area is 109 Å². The first-order chi connectivity index (χ1) is 8.93. The van der Waals surface area contributed by atoms with Crippen LogP contribution in [0.15, 0.2) is 30.3 Å². The average Bonchev–Trinajstić information content (AvgIpc) is 2.34. The van der Waals surface area contributed by atoms with Crippen molar-refractivity contribution in [3.8, 4) is 11.8 Å². The van der Waals surface area contributed by atoms with Gasteiger partial charge in [-0.3, -0.25) is 4.79 Å². The molecule has 0 saturated carbocycles. The zero-order chi connectivity index (χ0) is 14.3. The van der Waals surface area contributed by atoms with Crippen LogP contribution in [0.4, 0.5) is 13.2 Å². The predicted octanol–water partition coefficient (Wildman–Crippen LogP) is 3.31. The third kappa shape index (κ3) is 5.47. The first kappa shape index (κ1) is 15.1. The fraction of sp³-hybridized carbons (Fsp3) is 0.357. The van der Waals surface area contributed by atoms with Crippen molar-refractivity contribution in [3.63, 3.8) is 0 Å². The van der Waals surface area contributed by atoms with Crippen molar-refractivity contribution >= 4 is 5.97 Å². The molecule has 0 unspecified atom stereocenters. The number of benzene rings is 1. The fourth-order valence-electron chi connectivity index (χ4n) is 1.24. The predicted molar refractivity (Wildman–Crippen MR) is 64.2 cm³/mol. The summed E-state index contributed by atoms with van der Waals surface area (Å²) in [4.78, 5) is 11.1. The number of halogens is 3. The first-order valence-corrected chi connectivity index (χ1v) is 5.76. The second kappa shape index (κ2) is 6.83. The van der Waals surface area contributed by atoms with E-state index < -0.39 is 18.2 Å². The van der Waals surface area contributed by atoms with Gasteiger partial charge in [-0.1, -0.05) is 31.0 Å². The van der Waals surface area contributed by atoms with E-state index in [1.165, 1.54) is 0 Å². The molecule has 0 bridgehead atoms. The third-order valence-corrected chi connectivity index (χ3v) is 2.12. The van der Waals surface area contributed by atoms with Crippen LogP contribution in [-0.2, 0) is 9.53 Å². The van der Waals surface area contributed by atoms with Gasteiger partial charge in [0, 0.05) is 12.0 Å². The van der Waals surface area contributed by atoms with Crippen molar-refractivity contribution in [3.05, 3.63) is 35.9 Å². The molecule has 2 nitrogen and oxygen atoms in total. The molecule has 102 valence electrons. The summed E-state index contributed by atoms with van der Waals surface area (Å²) in [5, 5.41) is 0. The lowest BCUT2D eigenvalue weighted by Gasteiger charge is -2.15. The van der Waals surface area contributed by atoms with Crippen LogP contribution in [0, 0.1) is 11.8 Å². The van der Waals surface area contributed by atoms with E-state index in [0.717, 1.165) is 0 Å². The first-order valence-electron chi connectivity index (χ1n) is 5.76. The van der Waals surface area contributed by atoms with E-state index in [1.807, 2.05) is 5.92 Å². The van der Waals surface area contributed by atoms with Crippen LogP contribution >= 0.6 is 0 Å². The molecule has 1 aromatic rings. The van der Waals surface area contributed by atoms with Crippen LogP contribution in [0.25, 0.3) is 0 Å². The SMILES string of the molecule is CCCC(=O)O[C@H](C#Cc1ccccc1)C(F)(F)F. The number of carbonyl (C=O) groups is 1. The third-order valence-electron chi connectivity index (χ3n) is 2.12. The molecule has 1 rings (SSSR count). The zero-order valence-corrected chi connectivity index (χ0v) is 10.3. The van der Waals surface area contributed by atoms with E-state index >= 15 is 0 Å². The van der Waals surface area contributed by atoms with E-state index in [2.05, 4.69) is 10.7 Å². The average molecular weight is 270 g/mol. The molecule has 0 amide bonds. The Hall–Kier alpha value is -1.96. The summed E-state index contributed by atoms with van der Waals surface area (Å²) >= 11 is 0. The van der Waals surface area contributed by atoms with Crippen molar-refractivity contribution in [2.75, 3.05) is 0 Å². The minimum atomic E-state index is -4.69. The molecular formula is C14H13F3O2. The number of rotatable bonds is 3. The quantitative estimate of drug-likeness (QED) is 0.622. The molecule has 0 N–H and O–H groups in total. The van der Waals surface area contributed by atoms with Crippen molar-refractivity contribution in [2.24, 2.45) is 0 Å². The van der Waals surface area contributed by atoms with Gasteiger partial charge in [0.1, 0.15) is 0 Å². The van der Waals surface area contributed by atoms with Gasteiger partial charge in [0.15, 0.2) is 0 Å². The highest BCUT2D eigenvalue weighted by molar-refractivity contribution is 5.69. The van der Waals surface area contributed by atoms with Gasteiger partial charge < -0.3 is 4.74 Å². The van der Waals surface area contributed by atoms with Crippen molar-refractivity contribution in [1.29, 1.82) is 0 Å². The van der Waals surface area contributed by atoms with E-state index in [-0.39, 0.29) is 6.42 Å². The molecule has 0 spiro atoms. The molecule has 0 fully saturated rings. The largest absolute Gasteiger partial charge is 0.439 e. The van der Waals surface area contributed by atoms with Crippen LogP contribution < -0.4 is 0 Å². The topological polar surface area (TPSA) is 26.3 Å². The van der Waals surface area contributed by atoms with Crippen molar-refractivity contribution in [1.82, 2.24) is 0 Å². The maximum atomic E-state index is 12.6. The van der Waals surface area contributed by atoms with Gasteiger partial charge in [-0.15, -0.1) is 0 Å². The number of alkyl halides is 3. The maximum absolute atomic E-state index is 12.6. The number of hydrogen-bond donors (Lipinski definition) is 0. The van der Waals surface area contributed by atoms with E-state index in [4.69, 9.17) is 0 Å². The van der Waals surface area contributed by atoms with Gasteiger partial charge in [0.25, 0.3) is 6.10 Å². The van der Waals surface area contributed by atoms with Crippen LogP contribution in [0.2, 0.25) is 0 Å². The van der Waals surface area contributed by atoms with E-state index in [0.29, 0.717) is 12.0 Å². The Kier molecular flexibility index (Phi) is 5.43. The van der Waals surface area contributed by atoms with Gasteiger partial charge in [0.2, 0.25) is 0 Å². The lowest BCUT2D eigenvalue weighted by molar-refractivity contribution is -0.205. The molecule has 5 heteroatoms. The number of ether oxygens (including phenoxy) is 1. The molecule has 0 aliphatic carbocycles. The Morgan fingerprint density at radius 1 is 1.32 bits per heavy atom. The smallest absolute Gasteiger partial charge is 0.437 e. The van der Waals surface area contributed by atoms with Gasteiger partial charge >= 0.3 is 12.1 Å². The summed E-state index contributed by atoms with van der Waals surface area (Å²) in [5.41, 5.74) is 0.434. The normalized spacial score (nSPS) is 12.2. The van der Waals surface area contributed by atoms with Crippen LogP contribution in [0.1, 0.15) is 25.3 Å². The molecule has 0 aliphatic heterocycles.